The van der Waals surface area contributed by atoms with Gasteiger partial charge in [0, 0.05) is 13.3 Å². The first kappa shape index (κ1) is 19.3. The fourth-order valence-corrected chi connectivity index (χ4v) is 1.58. The number of halogens is 3. The molecule has 0 aliphatic rings. The maximum Gasteiger partial charge on any atom is 0.416 e. The summed E-state index contributed by atoms with van der Waals surface area (Å²) in [5, 5.41) is 11.4. The van der Waals surface area contributed by atoms with Crippen LogP contribution in [0.1, 0.15) is 5.56 Å². The van der Waals surface area contributed by atoms with Crippen molar-refractivity contribution in [2.45, 2.75) is 6.18 Å². The number of nitriles is 1. The van der Waals surface area contributed by atoms with Gasteiger partial charge < -0.3 is 19.5 Å². The molecule has 9 heteroatoms. The summed E-state index contributed by atoms with van der Waals surface area (Å²) in [7, 11) is 2.69. The zero-order valence-electron chi connectivity index (χ0n) is 12.9. The maximum atomic E-state index is 12.7. The Hall–Kier alpha value is -2.73. The molecule has 1 N–H and O–H groups in total. The van der Waals surface area contributed by atoms with Crippen molar-refractivity contribution in [2.75, 3.05) is 32.8 Å². The third-order valence-corrected chi connectivity index (χ3v) is 2.76. The fourth-order valence-electron chi connectivity index (χ4n) is 1.58. The van der Waals surface area contributed by atoms with Crippen LogP contribution in [0.5, 0.6) is 5.75 Å². The van der Waals surface area contributed by atoms with E-state index in [4.69, 9.17) is 19.5 Å². The van der Waals surface area contributed by atoms with E-state index in [-0.39, 0.29) is 24.7 Å². The molecule has 0 radical (unpaired) electrons. The molecule has 0 saturated carbocycles. The van der Waals surface area contributed by atoms with E-state index in [1.807, 2.05) is 0 Å². The first-order valence-corrected chi connectivity index (χ1v) is 6.61. The summed E-state index contributed by atoms with van der Waals surface area (Å²) in [5.41, 5.74) is -1.37. The summed E-state index contributed by atoms with van der Waals surface area (Å²) < 4.78 is 52.6. The van der Waals surface area contributed by atoms with Gasteiger partial charge >= 0.3 is 12.1 Å². The summed E-state index contributed by atoms with van der Waals surface area (Å²) in [6, 6.07) is 4.39. The van der Waals surface area contributed by atoms with Crippen molar-refractivity contribution in [1.29, 1.82) is 5.26 Å². The Kier molecular flexibility index (Phi) is 7.07. The third-order valence-electron chi connectivity index (χ3n) is 2.76. The Morgan fingerprint density at radius 3 is 2.58 bits per heavy atom. The highest BCUT2D eigenvalue weighted by Crippen LogP contribution is 2.34. The Labute approximate surface area is 136 Å². The molecule has 1 aromatic rings. The number of anilines is 1. The van der Waals surface area contributed by atoms with Gasteiger partial charge in [-0.15, -0.1) is 0 Å². The van der Waals surface area contributed by atoms with Crippen LogP contribution < -0.4 is 10.1 Å². The minimum absolute atomic E-state index is 0.0511. The summed E-state index contributed by atoms with van der Waals surface area (Å²) in [4.78, 5) is 11.6. The van der Waals surface area contributed by atoms with E-state index in [1.165, 1.54) is 14.2 Å². The van der Waals surface area contributed by atoms with Gasteiger partial charge in [-0.25, -0.2) is 4.79 Å². The smallest absolute Gasteiger partial charge is 0.416 e. The van der Waals surface area contributed by atoms with Gasteiger partial charge in [0.05, 0.1) is 25.0 Å². The number of benzene rings is 1. The standard InChI is InChI=1S/C15H15F3N2O4/c1-22-5-6-24-14(21)10(8-19)9-20-12-7-11(15(16,17)18)3-4-13(12)23-2/h3-4,7,9,20H,5-6H2,1-2H3. The second-order valence-electron chi connectivity index (χ2n) is 4.36. The van der Waals surface area contributed by atoms with Gasteiger partial charge in [0.15, 0.2) is 5.57 Å². The Bertz CT molecular complexity index is 651. The van der Waals surface area contributed by atoms with Crippen LogP contribution in [-0.4, -0.2) is 33.4 Å². The Balaban J connectivity index is 2.97. The van der Waals surface area contributed by atoms with E-state index in [2.05, 4.69) is 5.32 Å². The van der Waals surface area contributed by atoms with E-state index in [0.29, 0.717) is 0 Å². The SMILES string of the molecule is COCCOC(=O)C(C#N)=CNc1cc(C(F)(F)F)ccc1OC. The molecule has 0 atom stereocenters. The molecule has 0 saturated heterocycles. The van der Waals surface area contributed by atoms with Gasteiger partial charge in [-0.2, -0.15) is 18.4 Å². The van der Waals surface area contributed by atoms with Crippen LogP contribution in [0.4, 0.5) is 18.9 Å². The van der Waals surface area contributed by atoms with E-state index < -0.39 is 23.3 Å². The summed E-state index contributed by atoms with van der Waals surface area (Å²) >= 11 is 0. The van der Waals surface area contributed by atoms with Crippen molar-refractivity contribution in [3.63, 3.8) is 0 Å². The second-order valence-corrected chi connectivity index (χ2v) is 4.36. The van der Waals surface area contributed by atoms with E-state index in [1.54, 1.807) is 6.07 Å². The van der Waals surface area contributed by atoms with Crippen molar-refractivity contribution >= 4 is 11.7 Å². The summed E-state index contributed by atoms with van der Waals surface area (Å²) in [5.74, 6) is -0.808. The average molecular weight is 344 g/mol. The molecule has 0 bridgehead atoms. The highest BCUT2D eigenvalue weighted by atomic mass is 19.4. The van der Waals surface area contributed by atoms with E-state index in [9.17, 15) is 18.0 Å². The lowest BCUT2D eigenvalue weighted by Gasteiger charge is -2.12. The van der Waals surface area contributed by atoms with Crippen LogP contribution in [0.2, 0.25) is 0 Å². The normalized spacial score (nSPS) is 11.6. The molecule has 1 aromatic carbocycles. The van der Waals surface area contributed by atoms with Gasteiger partial charge in [0.25, 0.3) is 0 Å². The van der Waals surface area contributed by atoms with Gasteiger partial charge in [0.2, 0.25) is 0 Å². The highest BCUT2D eigenvalue weighted by Gasteiger charge is 2.31. The number of hydrogen-bond acceptors (Lipinski definition) is 6. The average Bonchev–Trinajstić information content (AvgIpc) is 2.54. The lowest BCUT2D eigenvalue weighted by molar-refractivity contribution is -0.140. The highest BCUT2D eigenvalue weighted by molar-refractivity contribution is 5.93. The molecule has 0 unspecified atom stereocenters. The van der Waals surface area contributed by atoms with Crippen LogP contribution in [0.15, 0.2) is 30.0 Å². The molecule has 0 heterocycles. The Morgan fingerprint density at radius 1 is 1.33 bits per heavy atom. The number of ether oxygens (including phenoxy) is 3. The minimum Gasteiger partial charge on any atom is -0.495 e. The predicted octanol–water partition coefficient (Wildman–Crippen LogP) is 2.72. The zero-order valence-corrected chi connectivity index (χ0v) is 12.9. The topological polar surface area (TPSA) is 80.6 Å². The molecule has 0 amide bonds. The molecule has 0 aliphatic carbocycles. The first-order chi connectivity index (χ1) is 11.3. The Morgan fingerprint density at radius 2 is 2.04 bits per heavy atom. The van der Waals surface area contributed by atoms with Crippen molar-refractivity contribution < 1.29 is 32.2 Å². The van der Waals surface area contributed by atoms with Crippen LogP contribution >= 0.6 is 0 Å². The third kappa shape index (κ3) is 5.48. The number of carbonyl (C=O) groups is 1. The molecule has 0 aromatic heterocycles. The molecule has 0 fully saturated rings. The molecule has 0 aliphatic heterocycles. The fraction of sp³-hybridized carbons (Fsp3) is 0.333. The van der Waals surface area contributed by atoms with E-state index >= 15 is 0 Å². The monoisotopic (exact) mass is 344 g/mol. The molecule has 24 heavy (non-hydrogen) atoms. The van der Waals surface area contributed by atoms with E-state index in [0.717, 1.165) is 24.4 Å². The number of nitrogens with zero attached hydrogens (tertiary/aromatic N) is 1. The molecular formula is C15H15F3N2O4. The first-order valence-electron chi connectivity index (χ1n) is 6.61. The van der Waals surface area contributed by atoms with Crippen molar-refractivity contribution in [2.24, 2.45) is 0 Å². The number of esters is 1. The molecule has 1 rings (SSSR count). The maximum absolute atomic E-state index is 12.7. The largest absolute Gasteiger partial charge is 0.495 e. The zero-order chi connectivity index (χ0) is 18.2. The minimum atomic E-state index is -4.54. The lowest BCUT2D eigenvalue weighted by Crippen LogP contribution is -2.12. The molecule has 0 spiro atoms. The van der Waals surface area contributed by atoms with Crippen molar-refractivity contribution in [3.05, 3.63) is 35.5 Å². The van der Waals surface area contributed by atoms with Crippen LogP contribution in [-0.2, 0) is 20.4 Å². The van der Waals surface area contributed by atoms with Crippen LogP contribution in [0.3, 0.4) is 0 Å². The van der Waals surface area contributed by atoms with Crippen molar-refractivity contribution in [3.8, 4) is 11.8 Å². The molecule has 6 nitrogen and oxygen atoms in total. The van der Waals surface area contributed by atoms with Gasteiger partial charge in [-0.1, -0.05) is 0 Å². The van der Waals surface area contributed by atoms with Crippen LogP contribution in [0, 0.1) is 11.3 Å². The van der Waals surface area contributed by atoms with Gasteiger partial charge in [0.1, 0.15) is 18.4 Å². The van der Waals surface area contributed by atoms with Gasteiger partial charge in [-0.3, -0.25) is 0 Å². The number of rotatable bonds is 7. The number of hydrogen-bond donors (Lipinski definition) is 1. The van der Waals surface area contributed by atoms with Crippen LogP contribution in [0.25, 0.3) is 0 Å². The molecular weight excluding hydrogens is 329 g/mol. The summed E-state index contributed by atoms with van der Waals surface area (Å²) in [6.07, 6.45) is -3.59. The number of alkyl halides is 3. The summed E-state index contributed by atoms with van der Waals surface area (Å²) in [6.45, 7) is 0.0978. The number of nitrogens with one attached hydrogen (secondary N) is 1. The second kappa shape index (κ2) is 8.79. The quantitative estimate of drug-likeness (QED) is 0.355. The number of carbonyl (C=O) groups excluding carboxylic acids is 1. The van der Waals surface area contributed by atoms with Crippen molar-refractivity contribution in [1.82, 2.24) is 0 Å². The van der Waals surface area contributed by atoms with Gasteiger partial charge in [-0.05, 0) is 18.2 Å². The lowest BCUT2D eigenvalue weighted by atomic mass is 10.1. The predicted molar refractivity (Wildman–Crippen MR) is 78.1 cm³/mol. The molecule has 130 valence electrons. The number of methoxy groups -OCH3 is 2.